The summed E-state index contributed by atoms with van der Waals surface area (Å²) in [5.41, 5.74) is -1.04. The predicted octanol–water partition coefficient (Wildman–Crippen LogP) is 1.02. The molecule has 0 atom stereocenters. The van der Waals surface area contributed by atoms with Crippen LogP contribution in [0.2, 0.25) is 0 Å². The number of fused-ring (bicyclic) bond motifs is 1. The molecule has 15 heteroatoms. The van der Waals surface area contributed by atoms with Crippen LogP contribution in [-0.4, -0.2) is 53.4 Å². The van der Waals surface area contributed by atoms with Gasteiger partial charge in [-0.2, -0.15) is 0 Å². The Morgan fingerprint density at radius 3 is 2.06 bits per heavy atom. The van der Waals surface area contributed by atoms with Gasteiger partial charge in [-0.1, -0.05) is 0 Å². The number of nitrogens with zero attached hydrogens (tertiary/aromatic N) is 2. The molecule has 5 N–H and O–H groups in total. The average molecular weight is 532 g/mol. The van der Waals surface area contributed by atoms with Crippen LogP contribution >= 0.6 is 0 Å². The van der Waals surface area contributed by atoms with E-state index in [4.69, 9.17) is 4.55 Å². The molecule has 3 aromatic rings. The minimum atomic E-state index is -5.42. The molecule has 3 rings (SSSR count). The predicted molar refractivity (Wildman–Crippen MR) is 106 cm³/mol. The van der Waals surface area contributed by atoms with Crippen molar-refractivity contribution in [2.75, 3.05) is 0 Å². The summed E-state index contributed by atoms with van der Waals surface area (Å²) in [4.78, 5) is -1.54. The fraction of sp³-hybridized carbons (Fsp3) is 0. The Kier molecular flexibility index (Phi) is 5.84. The maximum atomic E-state index is 11.8. The van der Waals surface area contributed by atoms with Crippen molar-refractivity contribution in [3.63, 3.8) is 0 Å². The van der Waals surface area contributed by atoms with Gasteiger partial charge in [-0.3, -0.25) is 0 Å². The van der Waals surface area contributed by atoms with Crippen molar-refractivity contribution in [2.24, 2.45) is 10.2 Å². The van der Waals surface area contributed by atoms with E-state index in [0.29, 0.717) is 0 Å². The molecule has 0 aliphatic carbocycles. The van der Waals surface area contributed by atoms with Crippen LogP contribution in [-0.2, 0) is 24.0 Å². The number of rotatable bonds is 5. The molecule has 0 saturated heterocycles. The molecular formula is C16H13AsN2O10S2. The Labute approximate surface area is 178 Å². The zero-order valence-electron chi connectivity index (χ0n) is 15.1. The van der Waals surface area contributed by atoms with Gasteiger partial charge in [0.05, 0.1) is 0 Å². The number of hydrogen-bond acceptors (Lipinski definition) is 8. The molecule has 0 aromatic heterocycles. The van der Waals surface area contributed by atoms with Crippen molar-refractivity contribution >= 4 is 60.9 Å². The van der Waals surface area contributed by atoms with Crippen molar-refractivity contribution in [3.05, 3.63) is 48.5 Å². The van der Waals surface area contributed by atoms with Gasteiger partial charge in [-0.25, -0.2) is 0 Å². The van der Waals surface area contributed by atoms with E-state index in [1.807, 2.05) is 0 Å². The first-order valence-corrected chi connectivity index (χ1v) is 14.3. The fourth-order valence-corrected chi connectivity index (χ4v) is 5.32. The summed E-state index contributed by atoms with van der Waals surface area (Å²) in [6.07, 6.45) is 0. The Balaban J connectivity index is 2.29. The zero-order chi connectivity index (χ0) is 23.2. The van der Waals surface area contributed by atoms with Crippen LogP contribution in [0.5, 0.6) is 5.75 Å². The van der Waals surface area contributed by atoms with Crippen molar-refractivity contribution in [3.8, 4) is 5.75 Å². The average Bonchev–Trinajstić information content (AvgIpc) is 2.64. The molecule has 0 aliphatic heterocycles. The molecule has 0 bridgehead atoms. The van der Waals surface area contributed by atoms with E-state index in [1.54, 1.807) is 0 Å². The number of phenols is 1. The number of azo groups is 1. The minimum absolute atomic E-state index is 0.0962. The Hall–Kier alpha value is -2.58. The second kappa shape index (κ2) is 7.84. The molecule has 31 heavy (non-hydrogen) atoms. The van der Waals surface area contributed by atoms with Gasteiger partial charge in [0.25, 0.3) is 0 Å². The summed E-state index contributed by atoms with van der Waals surface area (Å²) in [6.45, 7) is 0. The van der Waals surface area contributed by atoms with Gasteiger partial charge in [0.15, 0.2) is 0 Å². The molecule has 3 aromatic carbocycles. The summed E-state index contributed by atoms with van der Waals surface area (Å²) in [6, 6.07) is 8.71. The standard InChI is InChI=1S/C16H13AsN2O10S2/c20-16-11-6-5-10(30(24,25)26)7-9(11)8-14(31(27,28)29)15(16)19-18-13-4-2-1-3-12(13)17(21,22)23/h1-8,20H,(H2,21,22,23)(H,24,25,26)(H,27,28,29). The molecule has 0 unspecified atom stereocenters. The van der Waals surface area contributed by atoms with E-state index < -0.39 is 60.0 Å². The zero-order valence-corrected chi connectivity index (χ0v) is 18.6. The van der Waals surface area contributed by atoms with Crippen molar-refractivity contribution in [2.45, 2.75) is 9.79 Å². The van der Waals surface area contributed by atoms with Gasteiger partial charge in [0.2, 0.25) is 0 Å². The summed E-state index contributed by atoms with van der Waals surface area (Å²) < 4.78 is 95.1. The van der Waals surface area contributed by atoms with Gasteiger partial charge < -0.3 is 0 Å². The van der Waals surface area contributed by atoms with E-state index in [0.717, 1.165) is 30.3 Å². The number of phenolic OH excluding ortho intramolecular Hbond substituents is 1. The molecule has 0 heterocycles. The Morgan fingerprint density at radius 1 is 0.839 bits per heavy atom. The van der Waals surface area contributed by atoms with Crippen molar-refractivity contribution in [1.29, 1.82) is 0 Å². The number of benzene rings is 3. The van der Waals surface area contributed by atoms with E-state index in [9.17, 15) is 38.4 Å². The first-order valence-electron chi connectivity index (χ1n) is 8.01. The van der Waals surface area contributed by atoms with Crippen molar-refractivity contribution in [1.82, 2.24) is 0 Å². The fourth-order valence-electron chi connectivity index (χ4n) is 2.68. The second-order valence-corrected chi connectivity index (χ2v) is 12.2. The van der Waals surface area contributed by atoms with E-state index in [1.165, 1.54) is 18.2 Å². The molecular weight excluding hydrogens is 519 g/mol. The third-order valence-electron chi connectivity index (χ3n) is 4.05. The summed E-state index contributed by atoms with van der Waals surface area (Å²) in [7, 11) is -9.65. The van der Waals surface area contributed by atoms with Gasteiger partial charge in [-0.05, 0) is 0 Å². The quantitative estimate of drug-likeness (QED) is 0.179. The third-order valence-corrected chi connectivity index (χ3v) is 7.88. The van der Waals surface area contributed by atoms with Gasteiger partial charge in [0.1, 0.15) is 0 Å². The van der Waals surface area contributed by atoms with Crippen LogP contribution in [0.1, 0.15) is 0 Å². The summed E-state index contributed by atoms with van der Waals surface area (Å²) >= 11 is -5.42. The Bertz CT molecular complexity index is 1490. The SMILES string of the molecule is O=S(=O)(O)c1ccc2c(O)c(N=Nc3ccccc3[As](=O)(O)O)c(S(=O)(=O)O)cc2c1. The van der Waals surface area contributed by atoms with Gasteiger partial charge in [-0.15, -0.1) is 0 Å². The molecule has 164 valence electrons. The molecule has 0 amide bonds. The Morgan fingerprint density at radius 2 is 1.48 bits per heavy atom. The molecule has 0 fully saturated rings. The molecule has 0 radical (unpaired) electrons. The van der Waals surface area contributed by atoms with Crippen LogP contribution in [0, 0.1) is 0 Å². The topological polar surface area (TPSA) is 211 Å². The third kappa shape index (κ3) is 4.85. The summed E-state index contributed by atoms with van der Waals surface area (Å²) in [5, 5.41) is 17.4. The number of hydrogen-bond donors (Lipinski definition) is 5. The first kappa shape index (κ1) is 23.1. The van der Waals surface area contributed by atoms with Crippen LogP contribution in [0.15, 0.2) is 68.6 Å². The van der Waals surface area contributed by atoms with Crippen LogP contribution < -0.4 is 4.35 Å². The van der Waals surface area contributed by atoms with Crippen LogP contribution in [0.3, 0.4) is 0 Å². The van der Waals surface area contributed by atoms with Gasteiger partial charge >= 0.3 is 178 Å². The second-order valence-electron chi connectivity index (χ2n) is 6.14. The van der Waals surface area contributed by atoms with Crippen LogP contribution in [0.25, 0.3) is 10.8 Å². The maximum absolute atomic E-state index is 11.8. The number of aromatic hydroxyl groups is 1. The normalized spacial score (nSPS) is 13.2. The van der Waals surface area contributed by atoms with E-state index in [-0.39, 0.29) is 16.5 Å². The molecule has 0 saturated carbocycles. The molecule has 12 nitrogen and oxygen atoms in total. The van der Waals surface area contributed by atoms with E-state index >= 15 is 0 Å². The first-order chi connectivity index (χ1) is 14.2. The van der Waals surface area contributed by atoms with E-state index in [2.05, 4.69) is 10.2 Å². The molecule has 0 aliphatic rings. The van der Waals surface area contributed by atoms with Crippen molar-refractivity contribution < 1.29 is 43.0 Å². The van der Waals surface area contributed by atoms with Gasteiger partial charge in [0, 0.05) is 0 Å². The molecule has 0 spiro atoms. The van der Waals surface area contributed by atoms with Crippen LogP contribution in [0.4, 0.5) is 11.4 Å². The monoisotopic (exact) mass is 532 g/mol. The summed E-state index contributed by atoms with van der Waals surface area (Å²) in [5.74, 6) is -0.810.